The number of nitrogens with two attached hydrogens (primary N) is 1. The highest BCUT2D eigenvalue weighted by Crippen LogP contribution is 2.27. The van der Waals surface area contributed by atoms with Crippen molar-refractivity contribution in [2.75, 3.05) is 18.8 Å². The third kappa shape index (κ3) is 2.64. The summed E-state index contributed by atoms with van der Waals surface area (Å²) in [6.07, 6.45) is 2.95. The molecule has 0 atom stereocenters. The van der Waals surface area contributed by atoms with Gasteiger partial charge in [0.2, 0.25) is 10.0 Å². The van der Waals surface area contributed by atoms with Gasteiger partial charge < -0.3 is 5.73 Å². The van der Waals surface area contributed by atoms with Gasteiger partial charge in [-0.05, 0) is 31.0 Å². The summed E-state index contributed by atoms with van der Waals surface area (Å²) in [5.41, 5.74) is 6.07. The van der Waals surface area contributed by atoms with Gasteiger partial charge in [0.15, 0.2) is 0 Å². The first kappa shape index (κ1) is 12.9. The quantitative estimate of drug-likeness (QED) is 0.850. The molecular weight excluding hydrogens is 304 g/mol. The molecule has 1 saturated heterocycles. The van der Waals surface area contributed by atoms with Crippen molar-refractivity contribution in [3.8, 4) is 0 Å². The van der Waals surface area contributed by atoms with Gasteiger partial charge in [-0.15, -0.1) is 0 Å². The Morgan fingerprint density at radius 3 is 2.41 bits per heavy atom. The fourth-order valence-corrected chi connectivity index (χ4v) is 3.99. The van der Waals surface area contributed by atoms with E-state index in [1.807, 2.05) is 0 Å². The maximum atomic E-state index is 12.3. The van der Waals surface area contributed by atoms with Crippen LogP contribution in [0.2, 0.25) is 0 Å². The van der Waals surface area contributed by atoms with Crippen LogP contribution in [0.5, 0.6) is 0 Å². The minimum atomic E-state index is -3.42. The van der Waals surface area contributed by atoms with Crippen LogP contribution < -0.4 is 5.73 Å². The number of halogens is 1. The van der Waals surface area contributed by atoms with Crippen LogP contribution in [0.3, 0.4) is 0 Å². The number of nitrogens with zero attached hydrogens (tertiary/aromatic N) is 1. The molecule has 2 rings (SSSR count). The van der Waals surface area contributed by atoms with Gasteiger partial charge in [-0.25, -0.2) is 8.42 Å². The molecule has 0 radical (unpaired) electrons. The van der Waals surface area contributed by atoms with Gasteiger partial charge in [0.1, 0.15) is 4.90 Å². The second-order valence-electron chi connectivity index (χ2n) is 4.15. The topological polar surface area (TPSA) is 63.4 Å². The Morgan fingerprint density at radius 1 is 1.18 bits per heavy atom. The van der Waals surface area contributed by atoms with Crippen LogP contribution >= 0.6 is 15.9 Å². The van der Waals surface area contributed by atoms with Crippen molar-refractivity contribution < 1.29 is 8.42 Å². The second-order valence-corrected chi connectivity index (χ2v) is 6.97. The summed E-state index contributed by atoms with van der Waals surface area (Å²) in [7, 11) is -3.42. The number of nitrogen functional groups attached to an aromatic ring is 1. The average Bonchev–Trinajstić information content (AvgIpc) is 2.29. The molecule has 1 aliphatic heterocycles. The maximum Gasteiger partial charge on any atom is 0.245 e. The first-order chi connectivity index (χ1) is 8.01. The van der Waals surface area contributed by atoms with Gasteiger partial charge in [-0.2, -0.15) is 4.31 Å². The Labute approximate surface area is 110 Å². The maximum absolute atomic E-state index is 12.3. The van der Waals surface area contributed by atoms with Crippen molar-refractivity contribution >= 4 is 31.6 Å². The lowest BCUT2D eigenvalue weighted by Gasteiger charge is -2.26. The zero-order valence-electron chi connectivity index (χ0n) is 9.39. The molecule has 1 aromatic rings. The fraction of sp³-hybridized carbons (Fsp3) is 0.455. The Hall–Kier alpha value is -0.590. The lowest BCUT2D eigenvalue weighted by Crippen LogP contribution is -2.35. The van der Waals surface area contributed by atoms with E-state index in [1.165, 1.54) is 4.31 Å². The van der Waals surface area contributed by atoms with Crippen LogP contribution in [-0.4, -0.2) is 25.8 Å². The van der Waals surface area contributed by atoms with Crippen LogP contribution in [0.1, 0.15) is 19.3 Å². The predicted molar refractivity (Wildman–Crippen MR) is 71.2 cm³/mol. The lowest BCUT2D eigenvalue weighted by molar-refractivity contribution is 0.347. The molecule has 17 heavy (non-hydrogen) atoms. The molecule has 0 aromatic heterocycles. The van der Waals surface area contributed by atoms with Crippen LogP contribution in [0.25, 0.3) is 0 Å². The molecule has 94 valence electrons. The van der Waals surface area contributed by atoms with Gasteiger partial charge in [-0.3, -0.25) is 0 Å². The van der Waals surface area contributed by atoms with Crippen molar-refractivity contribution in [2.45, 2.75) is 24.2 Å². The van der Waals surface area contributed by atoms with E-state index in [2.05, 4.69) is 15.9 Å². The molecule has 0 spiro atoms. The fourth-order valence-electron chi connectivity index (χ4n) is 2.00. The number of sulfonamides is 1. The molecule has 1 heterocycles. The van der Waals surface area contributed by atoms with Gasteiger partial charge in [-0.1, -0.05) is 22.4 Å². The average molecular weight is 319 g/mol. The van der Waals surface area contributed by atoms with Crippen molar-refractivity contribution in [2.24, 2.45) is 0 Å². The van der Waals surface area contributed by atoms with Crippen molar-refractivity contribution in [3.63, 3.8) is 0 Å². The smallest absolute Gasteiger partial charge is 0.245 e. The minimum Gasteiger partial charge on any atom is -0.398 e. The largest absolute Gasteiger partial charge is 0.398 e. The van der Waals surface area contributed by atoms with E-state index in [9.17, 15) is 8.42 Å². The number of anilines is 1. The Balaban J connectivity index is 2.37. The summed E-state index contributed by atoms with van der Waals surface area (Å²) in [6, 6.07) is 4.88. The van der Waals surface area contributed by atoms with Crippen LogP contribution in [0.15, 0.2) is 27.6 Å². The molecule has 1 fully saturated rings. The van der Waals surface area contributed by atoms with E-state index in [4.69, 9.17) is 5.73 Å². The zero-order chi connectivity index (χ0) is 12.5. The number of benzene rings is 1. The third-order valence-corrected chi connectivity index (χ3v) is 5.37. The second kappa shape index (κ2) is 4.96. The highest BCUT2D eigenvalue weighted by Gasteiger charge is 2.27. The molecule has 4 nitrogen and oxygen atoms in total. The van der Waals surface area contributed by atoms with Crippen LogP contribution in [-0.2, 0) is 10.0 Å². The first-order valence-corrected chi connectivity index (χ1v) is 7.80. The van der Waals surface area contributed by atoms with Crippen LogP contribution in [0, 0.1) is 0 Å². The zero-order valence-corrected chi connectivity index (χ0v) is 11.8. The molecule has 0 unspecified atom stereocenters. The van der Waals surface area contributed by atoms with Gasteiger partial charge in [0.05, 0.1) is 5.69 Å². The Kier molecular flexibility index (Phi) is 3.75. The molecule has 1 aliphatic rings. The number of rotatable bonds is 2. The van der Waals surface area contributed by atoms with Crippen molar-refractivity contribution in [3.05, 3.63) is 22.7 Å². The van der Waals surface area contributed by atoms with E-state index in [1.54, 1.807) is 18.2 Å². The SMILES string of the molecule is Nc1cc(Br)ccc1S(=O)(=O)N1CCCCC1. The van der Waals surface area contributed by atoms with E-state index in [-0.39, 0.29) is 4.90 Å². The van der Waals surface area contributed by atoms with Gasteiger partial charge in [0, 0.05) is 17.6 Å². The van der Waals surface area contributed by atoms with E-state index in [0.29, 0.717) is 18.8 Å². The number of hydrogen-bond donors (Lipinski definition) is 1. The molecule has 2 N–H and O–H groups in total. The number of hydrogen-bond acceptors (Lipinski definition) is 3. The molecular formula is C11H15BrN2O2S. The Morgan fingerprint density at radius 2 is 1.82 bits per heavy atom. The normalized spacial score (nSPS) is 18.2. The number of piperidine rings is 1. The Bertz CT molecular complexity index is 510. The minimum absolute atomic E-state index is 0.211. The summed E-state index contributed by atoms with van der Waals surface area (Å²) < 4.78 is 27.0. The predicted octanol–water partition coefficient (Wildman–Crippen LogP) is 2.21. The summed E-state index contributed by atoms with van der Waals surface area (Å²) in [6.45, 7) is 1.19. The molecule has 6 heteroatoms. The summed E-state index contributed by atoms with van der Waals surface area (Å²) >= 11 is 3.27. The monoisotopic (exact) mass is 318 g/mol. The molecule has 0 saturated carbocycles. The third-order valence-electron chi connectivity index (χ3n) is 2.90. The van der Waals surface area contributed by atoms with Gasteiger partial charge in [0.25, 0.3) is 0 Å². The highest BCUT2D eigenvalue weighted by atomic mass is 79.9. The van der Waals surface area contributed by atoms with E-state index in [0.717, 1.165) is 23.7 Å². The molecule has 0 aliphatic carbocycles. The first-order valence-electron chi connectivity index (χ1n) is 5.57. The van der Waals surface area contributed by atoms with Crippen molar-refractivity contribution in [1.82, 2.24) is 4.31 Å². The molecule has 0 bridgehead atoms. The molecule has 1 aromatic carbocycles. The lowest BCUT2D eigenvalue weighted by atomic mass is 10.2. The van der Waals surface area contributed by atoms with Gasteiger partial charge >= 0.3 is 0 Å². The standard InChI is InChI=1S/C11H15BrN2O2S/c12-9-4-5-11(10(13)8-9)17(15,16)14-6-2-1-3-7-14/h4-5,8H,1-3,6-7,13H2. The molecule has 0 amide bonds. The highest BCUT2D eigenvalue weighted by molar-refractivity contribution is 9.10. The summed E-state index contributed by atoms with van der Waals surface area (Å²) in [5.74, 6) is 0. The summed E-state index contributed by atoms with van der Waals surface area (Å²) in [4.78, 5) is 0.211. The van der Waals surface area contributed by atoms with E-state index < -0.39 is 10.0 Å². The van der Waals surface area contributed by atoms with E-state index >= 15 is 0 Å². The van der Waals surface area contributed by atoms with Crippen LogP contribution in [0.4, 0.5) is 5.69 Å². The summed E-state index contributed by atoms with van der Waals surface area (Å²) in [5, 5.41) is 0. The van der Waals surface area contributed by atoms with Crippen molar-refractivity contribution in [1.29, 1.82) is 0 Å².